The molecule has 0 spiro atoms. The van der Waals surface area contributed by atoms with Crippen molar-refractivity contribution in [1.82, 2.24) is 5.32 Å². The van der Waals surface area contributed by atoms with Crippen LogP contribution in [0.4, 0.5) is 4.39 Å². The molecule has 3 heteroatoms. The lowest BCUT2D eigenvalue weighted by Crippen LogP contribution is -2.24. The molecule has 2 unspecified atom stereocenters. The van der Waals surface area contributed by atoms with E-state index in [9.17, 15) is 4.39 Å². The minimum absolute atomic E-state index is 0.159. The molecule has 1 N–H and O–H groups in total. The molecule has 0 radical (unpaired) electrons. The molecule has 0 aliphatic carbocycles. The fraction of sp³-hybridized carbons (Fsp3) is 0.538. The van der Waals surface area contributed by atoms with Crippen molar-refractivity contribution in [2.24, 2.45) is 5.92 Å². The molecule has 1 rings (SSSR count). The maximum absolute atomic E-state index is 13.5. The fourth-order valence-corrected chi connectivity index (χ4v) is 2.07. The lowest BCUT2D eigenvalue weighted by atomic mass is 9.95. The van der Waals surface area contributed by atoms with Gasteiger partial charge in [0, 0.05) is 11.1 Å². The average molecular weight is 244 g/mol. The van der Waals surface area contributed by atoms with Crippen LogP contribution in [0, 0.1) is 11.7 Å². The summed E-state index contributed by atoms with van der Waals surface area (Å²) in [5, 5.41) is 3.79. The molecule has 0 saturated carbocycles. The Morgan fingerprint density at radius 1 is 1.38 bits per heavy atom. The Morgan fingerprint density at radius 2 is 2.06 bits per heavy atom. The SMILES string of the molecule is CNC(C)CC(C)Cc1cc(Cl)ccc1F. The normalized spacial score (nSPS) is 14.8. The second-order valence-corrected chi connectivity index (χ2v) is 4.91. The molecular formula is C13H19ClFN. The summed E-state index contributed by atoms with van der Waals surface area (Å²) in [6.07, 6.45) is 1.76. The average Bonchev–Trinajstić information content (AvgIpc) is 2.23. The first kappa shape index (κ1) is 13.5. The predicted octanol–water partition coefficient (Wildman–Crippen LogP) is 3.66. The highest BCUT2D eigenvalue weighted by Gasteiger charge is 2.11. The van der Waals surface area contributed by atoms with Crippen LogP contribution < -0.4 is 5.32 Å². The fourth-order valence-electron chi connectivity index (χ4n) is 1.88. The number of nitrogens with one attached hydrogen (secondary N) is 1. The third-order valence-corrected chi connectivity index (χ3v) is 3.06. The molecule has 1 aromatic rings. The van der Waals surface area contributed by atoms with Gasteiger partial charge >= 0.3 is 0 Å². The predicted molar refractivity (Wildman–Crippen MR) is 67.4 cm³/mol. The Labute approximate surface area is 102 Å². The van der Waals surface area contributed by atoms with E-state index in [0.29, 0.717) is 22.5 Å². The van der Waals surface area contributed by atoms with Gasteiger partial charge < -0.3 is 5.32 Å². The van der Waals surface area contributed by atoms with Crippen molar-refractivity contribution in [3.05, 3.63) is 34.6 Å². The summed E-state index contributed by atoms with van der Waals surface area (Å²) in [5.41, 5.74) is 0.711. The summed E-state index contributed by atoms with van der Waals surface area (Å²) >= 11 is 5.85. The van der Waals surface area contributed by atoms with Gasteiger partial charge in [-0.05, 0) is 56.5 Å². The minimum atomic E-state index is -0.159. The molecule has 0 heterocycles. The molecule has 0 fully saturated rings. The van der Waals surface area contributed by atoms with Crippen LogP contribution in [0.2, 0.25) is 5.02 Å². The first-order valence-corrected chi connectivity index (χ1v) is 6.02. The van der Waals surface area contributed by atoms with Crippen LogP contribution in [0.5, 0.6) is 0 Å². The van der Waals surface area contributed by atoms with Crippen molar-refractivity contribution in [3.63, 3.8) is 0 Å². The van der Waals surface area contributed by atoms with E-state index >= 15 is 0 Å². The van der Waals surface area contributed by atoms with Crippen LogP contribution in [0.1, 0.15) is 25.8 Å². The first-order valence-electron chi connectivity index (χ1n) is 5.64. The molecule has 2 atom stereocenters. The zero-order valence-corrected chi connectivity index (χ0v) is 10.8. The van der Waals surface area contributed by atoms with Crippen molar-refractivity contribution in [1.29, 1.82) is 0 Å². The third kappa shape index (κ3) is 4.11. The Morgan fingerprint density at radius 3 is 2.69 bits per heavy atom. The highest BCUT2D eigenvalue weighted by atomic mass is 35.5. The maximum atomic E-state index is 13.5. The summed E-state index contributed by atoms with van der Waals surface area (Å²) < 4.78 is 13.5. The molecule has 1 aromatic carbocycles. The monoisotopic (exact) mass is 243 g/mol. The summed E-state index contributed by atoms with van der Waals surface area (Å²) in [6, 6.07) is 5.20. The van der Waals surface area contributed by atoms with Gasteiger partial charge in [-0.1, -0.05) is 18.5 Å². The first-order chi connectivity index (χ1) is 7.52. The van der Waals surface area contributed by atoms with E-state index in [4.69, 9.17) is 11.6 Å². The summed E-state index contributed by atoms with van der Waals surface area (Å²) in [6.45, 7) is 4.26. The van der Waals surface area contributed by atoms with Gasteiger partial charge in [-0.2, -0.15) is 0 Å². The van der Waals surface area contributed by atoms with Gasteiger partial charge in [0.1, 0.15) is 5.82 Å². The lowest BCUT2D eigenvalue weighted by Gasteiger charge is -2.17. The summed E-state index contributed by atoms with van der Waals surface area (Å²) in [7, 11) is 1.94. The van der Waals surface area contributed by atoms with Crippen molar-refractivity contribution in [3.8, 4) is 0 Å². The van der Waals surface area contributed by atoms with Crippen molar-refractivity contribution in [2.45, 2.75) is 32.7 Å². The zero-order valence-electron chi connectivity index (χ0n) is 10.1. The van der Waals surface area contributed by atoms with E-state index in [2.05, 4.69) is 19.2 Å². The zero-order chi connectivity index (χ0) is 12.1. The second kappa shape index (κ2) is 6.21. The van der Waals surface area contributed by atoms with Crippen LogP contribution in [0.3, 0.4) is 0 Å². The highest BCUT2D eigenvalue weighted by molar-refractivity contribution is 6.30. The Hall–Kier alpha value is -0.600. The van der Waals surface area contributed by atoms with Gasteiger partial charge in [-0.25, -0.2) is 4.39 Å². The standard InChI is InChI=1S/C13H19ClFN/c1-9(6-10(2)16-3)7-11-8-12(14)4-5-13(11)15/h4-5,8-10,16H,6-7H2,1-3H3. The van der Waals surface area contributed by atoms with E-state index in [1.54, 1.807) is 12.1 Å². The topological polar surface area (TPSA) is 12.0 Å². The number of hydrogen-bond donors (Lipinski definition) is 1. The smallest absolute Gasteiger partial charge is 0.126 e. The molecule has 90 valence electrons. The van der Waals surface area contributed by atoms with E-state index in [-0.39, 0.29) is 5.82 Å². The summed E-state index contributed by atoms with van der Waals surface area (Å²) in [5.74, 6) is 0.281. The van der Waals surface area contributed by atoms with E-state index in [1.807, 2.05) is 7.05 Å². The highest BCUT2D eigenvalue weighted by Crippen LogP contribution is 2.20. The summed E-state index contributed by atoms with van der Waals surface area (Å²) in [4.78, 5) is 0. The number of benzene rings is 1. The van der Waals surface area contributed by atoms with Crippen molar-refractivity contribution in [2.75, 3.05) is 7.05 Å². The molecule has 0 aromatic heterocycles. The van der Waals surface area contributed by atoms with Gasteiger partial charge in [0.25, 0.3) is 0 Å². The van der Waals surface area contributed by atoms with Gasteiger partial charge in [0.05, 0.1) is 0 Å². The molecule has 16 heavy (non-hydrogen) atoms. The number of hydrogen-bond acceptors (Lipinski definition) is 1. The van der Waals surface area contributed by atoms with Crippen LogP contribution in [0.25, 0.3) is 0 Å². The van der Waals surface area contributed by atoms with E-state index in [1.165, 1.54) is 6.07 Å². The molecular weight excluding hydrogens is 225 g/mol. The Bertz CT molecular complexity index is 341. The van der Waals surface area contributed by atoms with Crippen LogP contribution in [-0.4, -0.2) is 13.1 Å². The molecule has 0 aliphatic heterocycles. The molecule has 0 bridgehead atoms. The Balaban J connectivity index is 2.61. The maximum Gasteiger partial charge on any atom is 0.126 e. The minimum Gasteiger partial charge on any atom is -0.317 e. The quantitative estimate of drug-likeness (QED) is 0.832. The van der Waals surface area contributed by atoms with Crippen LogP contribution >= 0.6 is 11.6 Å². The molecule has 0 aliphatic rings. The van der Waals surface area contributed by atoms with E-state index < -0.39 is 0 Å². The van der Waals surface area contributed by atoms with Crippen LogP contribution in [0.15, 0.2) is 18.2 Å². The molecule has 0 amide bonds. The van der Waals surface area contributed by atoms with Gasteiger partial charge in [-0.3, -0.25) is 0 Å². The second-order valence-electron chi connectivity index (χ2n) is 4.47. The van der Waals surface area contributed by atoms with E-state index in [0.717, 1.165) is 12.8 Å². The van der Waals surface area contributed by atoms with Crippen molar-refractivity contribution < 1.29 is 4.39 Å². The number of halogens is 2. The van der Waals surface area contributed by atoms with Gasteiger partial charge in [0.15, 0.2) is 0 Å². The number of rotatable bonds is 5. The van der Waals surface area contributed by atoms with Crippen LogP contribution in [-0.2, 0) is 6.42 Å². The third-order valence-electron chi connectivity index (χ3n) is 2.82. The largest absolute Gasteiger partial charge is 0.317 e. The molecule has 1 nitrogen and oxygen atoms in total. The van der Waals surface area contributed by atoms with Gasteiger partial charge in [0.2, 0.25) is 0 Å². The lowest BCUT2D eigenvalue weighted by molar-refractivity contribution is 0.434. The van der Waals surface area contributed by atoms with Crippen molar-refractivity contribution >= 4 is 11.6 Å². The molecule has 0 saturated heterocycles. The van der Waals surface area contributed by atoms with Gasteiger partial charge in [-0.15, -0.1) is 0 Å². The Kier molecular flexibility index (Phi) is 5.23.